The number of amides is 2. The molecule has 0 aliphatic carbocycles. The van der Waals surface area contributed by atoms with Gasteiger partial charge in [0.15, 0.2) is 0 Å². The van der Waals surface area contributed by atoms with Crippen LogP contribution < -0.4 is 11.1 Å². The Kier molecular flexibility index (Phi) is 6.16. The number of benzene rings is 1. The summed E-state index contributed by atoms with van der Waals surface area (Å²) >= 11 is 0. The van der Waals surface area contributed by atoms with Crippen molar-refractivity contribution >= 4 is 11.8 Å². The molecule has 1 aliphatic heterocycles. The highest BCUT2D eigenvalue weighted by Crippen LogP contribution is 2.24. The summed E-state index contributed by atoms with van der Waals surface area (Å²) in [6.45, 7) is 5.10. The van der Waals surface area contributed by atoms with Crippen LogP contribution in [-0.2, 0) is 9.59 Å². The van der Waals surface area contributed by atoms with Crippen molar-refractivity contribution in [3.8, 4) is 0 Å². The van der Waals surface area contributed by atoms with Crippen LogP contribution >= 0.6 is 0 Å². The predicted octanol–water partition coefficient (Wildman–Crippen LogP) is 1.63. The van der Waals surface area contributed by atoms with Gasteiger partial charge in [-0.05, 0) is 31.7 Å². The molecule has 1 aromatic rings. The maximum atomic E-state index is 12.8. The van der Waals surface area contributed by atoms with E-state index < -0.39 is 6.04 Å². The first-order valence-corrected chi connectivity index (χ1v) is 8.42. The second kappa shape index (κ2) is 8.11. The molecule has 3 N–H and O–H groups in total. The molecule has 126 valence electrons. The largest absolute Gasteiger partial charge is 0.352 e. The van der Waals surface area contributed by atoms with Crippen LogP contribution in [0.3, 0.4) is 0 Å². The van der Waals surface area contributed by atoms with Crippen molar-refractivity contribution in [2.24, 2.45) is 5.73 Å². The van der Waals surface area contributed by atoms with E-state index in [4.69, 9.17) is 5.73 Å². The lowest BCUT2D eigenvalue weighted by Gasteiger charge is -2.34. The lowest BCUT2D eigenvalue weighted by Crippen LogP contribution is -2.50. The van der Waals surface area contributed by atoms with Crippen molar-refractivity contribution in [2.45, 2.75) is 51.1 Å². The monoisotopic (exact) mass is 317 g/mol. The van der Waals surface area contributed by atoms with Crippen molar-refractivity contribution in [1.29, 1.82) is 0 Å². The number of carbonyl (C=O) groups is 2. The summed E-state index contributed by atoms with van der Waals surface area (Å²) in [5.41, 5.74) is 6.65. The van der Waals surface area contributed by atoms with Crippen LogP contribution in [0.4, 0.5) is 0 Å². The van der Waals surface area contributed by atoms with E-state index in [2.05, 4.69) is 5.32 Å². The second-order valence-electron chi connectivity index (χ2n) is 6.27. The lowest BCUT2D eigenvalue weighted by atomic mass is 9.93. The average molecular weight is 317 g/mol. The highest BCUT2D eigenvalue weighted by molar-refractivity contribution is 5.84. The van der Waals surface area contributed by atoms with Crippen molar-refractivity contribution in [2.75, 3.05) is 13.1 Å². The molecule has 0 radical (unpaired) electrons. The van der Waals surface area contributed by atoms with Crippen LogP contribution in [0, 0.1) is 0 Å². The summed E-state index contributed by atoms with van der Waals surface area (Å²) in [5.74, 6) is -0.00688. The minimum atomic E-state index is -0.489. The predicted molar refractivity (Wildman–Crippen MR) is 90.9 cm³/mol. The van der Waals surface area contributed by atoms with Crippen LogP contribution in [0.1, 0.15) is 44.6 Å². The molecule has 1 aromatic carbocycles. The third-order valence-electron chi connectivity index (χ3n) is 4.47. The summed E-state index contributed by atoms with van der Waals surface area (Å²) in [6.07, 6.45) is 2.37. The fraction of sp³-hybridized carbons (Fsp3) is 0.556. The third-order valence-corrected chi connectivity index (χ3v) is 4.47. The molecule has 0 bridgehead atoms. The van der Waals surface area contributed by atoms with Crippen LogP contribution in [0.15, 0.2) is 30.3 Å². The first-order chi connectivity index (χ1) is 11.0. The summed E-state index contributed by atoms with van der Waals surface area (Å²) < 4.78 is 0. The molecule has 0 saturated carbocycles. The van der Waals surface area contributed by atoms with Crippen LogP contribution in [0.25, 0.3) is 0 Å². The molecule has 0 spiro atoms. The smallest absolute Gasteiger partial charge is 0.236 e. The Balaban J connectivity index is 1.91. The van der Waals surface area contributed by atoms with Gasteiger partial charge in [-0.25, -0.2) is 0 Å². The molecule has 5 nitrogen and oxygen atoms in total. The van der Waals surface area contributed by atoms with Gasteiger partial charge < -0.3 is 16.0 Å². The average Bonchev–Trinajstić information content (AvgIpc) is 2.57. The van der Waals surface area contributed by atoms with Gasteiger partial charge in [-0.3, -0.25) is 9.59 Å². The van der Waals surface area contributed by atoms with Gasteiger partial charge in [0.05, 0.1) is 12.0 Å². The van der Waals surface area contributed by atoms with Crippen molar-refractivity contribution in [1.82, 2.24) is 10.2 Å². The molecule has 5 heteroatoms. The maximum Gasteiger partial charge on any atom is 0.236 e. The molecular formula is C18H27N3O2. The van der Waals surface area contributed by atoms with Gasteiger partial charge in [-0.1, -0.05) is 37.3 Å². The van der Waals surface area contributed by atoms with E-state index in [0.29, 0.717) is 13.1 Å². The van der Waals surface area contributed by atoms with Crippen molar-refractivity contribution < 1.29 is 9.59 Å². The Morgan fingerprint density at radius 2 is 1.87 bits per heavy atom. The van der Waals surface area contributed by atoms with Crippen LogP contribution in [0.5, 0.6) is 0 Å². The Morgan fingerprint density at radius 1 is 1.26 bits per heavy atom. The van der Waals surface area contributed by atoms with E-state index in [0.717, 1.165) is 24.8 Å². The van der Waals surface area contributed by atoms with Crippen LogP contribution in [0.2, 0.25) is 0 Å². The van der Waals surface area contributed by atoms with E-state index in [1.165, 1.54) is 0 Å². The number of nitrogens with one attached hydrogen (secondary N) is 1. The highest BCUT2D eigenvalue weighted by Gasteiger charge is 2.28. The van der Waals surface area contributed by atoms with Gasteiger partial charge in [-0.15, -0.1) is 0 Å². The molecule has 1 aliphatic rings. The zero-order chi connectivity index (χ0) is 16.8. The Labute approximate surface area is 138 Å². The molecule has 0 aromatic heterocycles. The Hall–Kier alpha value is -1.88. The first kappa shape index (κ1) is 17.5. The second-order valence-corrected chi connectivity index (χ2v) is 6.27. The number of rotatable bonds is 5. The lowest BCUT2D eigenvalue weighted by molar-refractivity contribution is -0.134. The van der Waals surface area contributed by atoms with Gasteiger partial charge >= 0.3 is 0 Å². The summed E-state index contributed by atoms with van der Waals surface area (Å²) in [5, 5.41) is 2.95. The van der Waals surface area contributed by atoms with E-state index >= 15 is 0 Å². The SMILES string of the molecule is CCC(C(=O)N1CCC(NC(=O)[C@@H](C)N)CC1)c1ccccc1. The normalized spacial score (nSPS) is 18.3. The fourth-order valence-electron chi connectivity index (χ4n) is 3.04. The summed E-state index contributed by atoms with van der Waals surface area (Å²) in [4.78, 5) is 26.4. The van der Waals surface area contributed by atoms with Crippen molar-refractivity contribution in [3.63, 3.8) is 0 Å². The molecule has 23 heavy (non-hydrogen) atoms. The van der Waals surface area contributed by atoms with E-state index in [-0.39, 0.29) is 23.8 Å². The van der Waals surface area contributed by atoms with Gasteiger partial charge in [-0.2, -0.15) is 0 Å². The zero-order valence-electron chi connectivity index (χ0n) is 14.0. The third kappa shape index (κ3) is 4.55. The first-order valence-electron chi connectivity index (χ1n) is 8.42. The number of hydrogen-bond donors (Lipinski definition) is 2. The molecular weight excluding hydrogens is 290 g/mol. The highest BCUT2D eigenvalue weighted by atomic mass is 16.2. The molecule has 1 heterocycles. The maximum absolute atomic E-state index is 12.8. The zero-order valence-corrected chi connectivity index (χ0v) is 14.0. The van der Waals surface area contributed by atoms with Gasteiger partial charge in [0.1, 0.15) is 0 Å². The number of piperidine rings is 1. The minimum Gasteiger partial charge on any atom is -0.352 e. The molecule has 2 atom stereocenters. The molecule has 2 amide bonds. The Morgan fingerprint density at radius 3 is 2.39 bits per heavy atom. The van der Waals surface area contributed by atoms with Gasteiger partial charge in [0.25, 0.3) is 0 Å². The van der Waals surface area contributed by atoms with Gasteiger partial charge in [0, 0.05) is 19.1 Å². The topological polar surface area (TPSA) is 75.4 Å². The van der Waals surface area contributed by atoms with E-state index in [9.17, 15) is 9.59 Å². The molecule has 1 fully saturated rings. The number of carbonyl (C=O) groups excluding carboxylic acids is 2. The van der Waals surface area contributed by atoms with Crippen LogP contribution in [-0.4, -0.2) is 41.9 Å². The molecule has 1 unspecified atom stereocenters. The minimum absolute atomic E-state index is 0.0774. The van der Waals surface area contributed by atoms with E-state index in [1.54, 1.807) is 6.92 Å². The van der Waals surface area contributed by atoms with Gasteiger partial charge in [0.2, 0.25) is 11.8 Å². The number of nitrogens with zero attached hydrogens (tertiary/aromatic N) is 1. The van der Waals surface area contributed by atoms with E-state index in [1.807, 2.05) is 42.2 Å². The number of nitrogens with two attached hydrogens (primary N) is 1. The summed E-state index contributed by atoms with van der Waals surface area (Å²) in [7, 11) is 0. The standard InChI is InChI=1S/C18H27N3O2/c1-3-16(14-7-5-4-6-8-14)18(23)21-11-9-15(10-12-21)20-17(22)13(2)19/h4-8,13,15-16H,3,9-12,19H2,1-2H3,(H,20,22)/t13-,16?/m1/s1. The summed E-state index contributed by atoms with van der Waals surface area (Å²) in [6, 6.07) is 9.57. The molecule has 2 rings (SSSR count). The van der Waals surface area contributed by atoms with Crippen molar-refractivity contribution in [3.05, 3.63) is 35.9 Å². The number of likely N-dealkylation sites (tertiary alicyclic amines) is 1. The quantitative estimate of drug-likeness (QED) is 0.867. The number of hydrogen-bond acceptors (Lipinski definition) is 3. The Bertz CT molecular complexity index is 522. The molecule has 1 saturated heterocycles. The fourth-order valence-corrected chi connectivity index (χ4v) is 3.04.